The van der Waals surface area contributed by atoms with Crippen molar-refractivity contribution in [2.75, 3.05) is 0 Å². The molecule has 0 fully saturated rings. The summed E-state index contributed by atoms with van der Waals surface area (Å²) in [5, 5.41) is 0.00666. The summed E-state index contributed by atoms with van der Waals surface area (Å²) < 4.78 is 20.0. The topological polar surface area (TPSA) is 61.8 Å². The molecule has 0 aromatic rings. The van der Waals surface area contributed by atoms with Gasteiger partial charge in [-0.3, -0.25) is 9.59 Å². The molecule has 0 N–H and O–H groups in total. The fraction of sp³-hybridized carbons (Fsp3) is 0.771. The number of rotatable bonds is 16. The molecule has 0 aromatic heterocycles. The van der Waals surface area contributed by atoms with Crippen molar-refractivity contribution in [2.45, 2.75) is 157 Å². The van der Waals surface area contributed by atoms with Gasteiger partial charge in [-0.2, -0.15) is 0 Å². The molecule has 242 valence electrons. The summed E-state index contributed by atoms with van der Waals surface area (Å²) in [4.78, 5) is 28.1. The largest absolute Gasteiger partial charge is 0.457 e. The maximum Gasteiger partial charge on any atom is 0.309 e. The summed E-state index contributed by atoms with van der Waals surface area (Å²) in [5.74, 6) is -0.646. The molecule has 0 bridgehead atoms. The first-order chi connectivity index (χ1) is 19.2. The molecule has 0 aliphatic heterocycles. The molecule has 0 radical (unpaired) electrons. The molecule has 0 spiro atoms. The Balaban J connectivity index is 3.44. The van der Waals surface area contributed by atoms with Gasteiger partial charge in [0.05, 0.1) is 18.6 Å². The van der Waals surface area contributed by atoms with Gasteiger partial charge in [0.15, 0.2) is 16.6 Å². The number of ether oxygens (including phenoxy) is 1. The zero-order chi connectivity index (χ0) is 32.7. The molecule has 0 amide bonds. The van der Waals surface area contributed by atoms with Crippen molar-refractivity contribution >= 4 is 28.4 Å². The molecule has 1 rings (SSSR count). The summed E-state index contributed by atoms with van der Waals surface area (Å²) in [6.07, 6.45) is 6.63. The van der Waals surface area contributed by atoms with Gasteiger partial charge in [0.1, 0.15) is 11.9 Å². The fourth-order valence-electron chi connectivity index (χ4n) is 5.49. The maximum absolute atomic E-state index is 14.5. The second kappa shape index (κ2) is 15.6. The number of carbonyl (C=O) groups is 2. The van der Waals surface area contributed by atoms with E-state index in [2.05, 4.69) is 87.2 Å². The highest BCUT2D eigenvalue weighted by molar-refractivity contribution is 6.74. The molecule has 0 saturated carbocycles. The first-order valence-electron chi connectivity index (χ1n) is 16.3. The Bertz CT molecular complexity index is 976. The van der Waals surface area contributed by atoms with Crippen molar-refractivity contribution in [2.24, 2.45) is 17.3 Å². The van der Waals surface area contributed by atoms with Gasteiger partial charge in [0.25, 0.3) is 0 Å². The second-order valence-electron chi connectivity index (χ2n) is 14.8. The second-order valence-corrected chi connectivity index (χ2v) is 24.3. The number of hydrogen-bond donors (Lipinski definition) is 0. The van der Waals surface area contributed by atoms with Crippen molar-refractivity contribution < 1.29 is 23.2 Å². The molecule has 42 heavy (non-hydrogen) atoms. The van der Waals surface area contributed by atoms with E-state index in [-0.39, 0.29) is 41.3 Å². The number of ketones is 1. The van der Waals surface area contributed by atoms with Gasteiger partial charge in [0.2, 0.25) is 0 Å². The first kappa shape index (κ1) is 38.7. The van der Waals surface area contributed by atoms with Crippen LogP contribution in [0.1, 0.15) is 102 Å². The van der Waals surface area contributed by atoms with Crippen LogP contribution in [0.5, 0.6) is 0 Å². The molecular formula is C35H64O5Si2. The zero-order valence-corrected chi connectivity index (χ0v) is 31.6. The third kappa shape index (κ3) is 9.86. The normalized spacial score (nSPS) is 20.0. The van der Waals surface area contributed by atoms with Crippen LogP contribution in [0.25, 0.3) is 0 Å². The number of esters is 1. The number of hydrogen-bond acceptors (Lipinski definition) is 5. The summed E-state index contributed by atoms with van der Waals surface area (Å²) in [5.41, 5.74) is 1.43. The Morgan fingerprint density at radius 1 is 1.00 bits per heavy atom. The minimum Gasteiger partial charge on any atom is -0.457 e. The maximum atomic E-state index is 14.5. The standard InChI is InChI=1S/C35H64O5Si2/c1-16-26(6)32(40-41(14,15)34(9,10)11)28(8)33(37)35(12,13)30(39-42(17-2,18-3)19-4)24-31(36)38-29-23-21-25(5)20-22-27(29)7/h16,21-22,26,28-30,32H,1,17-20,23-24H2,2-15H3/t26-,28+,29?,30-,32-/m0/s1. The predicted molar refractivity (Wildman–Crippen MR) is 183 cm³/mol. The monoisotopic (exact) mass is 620 g/mol. The van der Waals surface area contributed by atoms with Gasteiger partial charge in [-0.25, -0.2) is 0 Å². The highest BCUT2D eigenvalue weighted by Crippen LogP contribution is 2.42. The van der Waals surface area contributed by atoms with Gasteiger partial charge >= 0.3 is 5.97 Å². The fourth-order valence-corrected chi connectivity index (χ4v) is 9.92. The van der Waals surface area contributed by atoms with Crippen molar-refractivity contribution in [3.63, 3.8) is 0 Å². The molecular weight excluding hydrogens is 557 g/mol. The van der Waals surface area contributed by atoms with Gasteiger partial charge in [-0.1, -0.05) is 93.0 Å². The number of carbonyl (C=O) groups excluding carboxylic acids is 2. The predicted octanol–water partition coefficient (Wildman–Crippen LogP) is 9.81. The molecule has 1 aliphatic rings. The Kier molecular flexibility index (Phi) is 14.4. The molecule has 0 heterocycles. The lowest BCUT2D eigenvalue weighted by Crippen LogP contribution is -2.53. The lowest BCUT2D eigenvalue weighted by molar-refractivity contribution is -0.153. The Morgan fingerprint density at radius 3 is 2.02 bits per heavy atom. The van der Waals surface area contributed by atoms with E-state index in [9.17, 15) is 9.59 Å². The smallest absolute Gasteiger partial charge is 0.309 e. The minimum absolute atomic E-state index is 0.00453. The van der Waals surface area contributed by atoms with Crippen molar-refractivity contribution in [1.82, 2.24) is 0 Å². The van der Waals surface area contributed by atoms with Gasteiger partial charge in [-0.15, -0.1) is 6.58 Å². The first-order valence-corrected chi connectivity index (χ1v) is 21.7. The summed E-state index contributed by atoms with van der Waals surface area (Å²) in [7, 11) is -4.33. The van der Waals surface area contributed by atoms with Crippen molar-refractivity contribution in [3.05, 3.63) is 36.0 Å². The lowest BCUT2D eigenvalue weighted by atomic mass is 9.73. The van der Waals surface area contributed by atoms with Crippen LogP contribution in [-0.2, 0) is 23.2 Å². The van der Waals surface area contributed by atoms with E-state index < -0.39 is 34.1 Å². The average molecular weight is 621 g/mol. The quantitative estimate of drug-likeness (QED) is 0.0976. The van der Waals surface area contributed by atoms with Crippen LogP contribution in [0.3, 0.4) is 0 Å². The van der Waals surface area contributed by atoms with Gasteiger partial charge in [0, 0.05) is 17.8 Å². The molecule has 0 saturated heterocycles. The van der Waals surface area contributed by atoms with Gasteiger partial charge in [-0.05, 0) is 68.0 Å². The highest BCUT2D eigenvalue weighted by atomic mass is 28.4. The van der Waals surface area contributed by atoms with E-state index in [1.807, 2.05) is 33.8 Å². The van der Waals surface area contributed by atoms with Crippen molar-refractivity contribution in [3.8, 4) is 0 Å². The van der Waals surface area contributed by atoms with Crippen LogP contribution in [0.4, 0.5) is 0 Å². The van der Waals surface area contributed by atoms with Gasteiger partial charge < -0.3 is 13.6 Å². The molecule has 7 heteroatoms. The lowest BCUT2D eigenvalue weighted by Gasteiger charge is -2.45. The Labute approximate surface area is 261 Å². The van der Waals surface area contributed by atoms with E-state index in [4.69, 9.17) is 13.6 Å². The molecule has 1 aliphatic carbocycles. The number of allylic oxidation sites excluding steroid dienone is 2. The molecule has 5 nitrogen and oxygen atoms in total. The van der Waals surface area contributed by atoms with Crippen LogP contribution in [0.2, 0.25) is 36.3 Å². The third-order valence-corrected chi connectivity index (χ3v) is 19.5. The Morgan fingerprint density at radius 2 is 1.55 bits per heavy atom. The van der Waals surface area contributed by atoms with Crippen LogP contribution >= 0.6 is 0 Å². The van der Waals surface area contributed by atoms with E-state index in [0.717, 1.165) is 30.1 Å². The van der Waals surface area contributed by atoms with Crippen molar-refractivity contribution in [1.29, 1.82) is 0 Å². The van der Waals surface area contributed by atoms with E-state index >= 15 is 0 Å². The molecule has 1 unspecified atom stereocenters. The van der Waals surface area contributed by atoms with Crippen LogP contribution < -0.4 is 0 Å². The minimum atomic E-state index is -2.17. The van der Waals surface area contributed by atoms with Crippen LogP contribution in [0.15, 0.2) is 36.0 Å². The molecule has 5 atom stereocenters. The molecule has 0 aromatic carbocycles. The number of Topliss-reactive ketones (excluding diaryl/α,β-unsaturated/α-hetero) is 1. The van der Waals surface area contributed by atoms with E-state index in [1.54, 1.807) is 0 Å². The average Bonchev–Trinajstić information content (AvgIpc) is 3.08. The van der Waals surface area contributed by atoms with Crippen LogP contribution in [0, 0.1) is 17.3 Å². The van der Waals surface area contributed by atoms with E-state index in [0.29, 0.717) is 6.42 Å². The van der Waals surface area contributed by atoms with E-state index in [1.165, 1.54) is 5.57 Å². The SMILES string of the molecule is C=C[C@H](C)[C@H](O[Si](C)(C)C(C)(C)C)[C@@H](C)C(=O)C(C)(C)[C@H](CC(=O)OC1CC=C(C)CC=C1C)O[Si](CC)(CC)CC. The highest BCUT2D eigenvalue weighted by Gasteiger charge is 2.49. The summed E-state index contributed by atoms with van der Waals surface area (Å²) in [6, 6.07) is 2.81. The summed E-state index contributed by atoms with van der Waals surface area (Å²) in [6.45, 7) is 33.8. The Hall–Kier alpha value is -1.29. The third-order valence-electron chi connectivity index (χ3n) is 10.4. The summed E-state index contributed by atoms with van der Waals surface area (Å²) >= 11 is 0. The zero-order valence-electron chi connectivity index (χ0n) is 29.6. The van der Waals surface area contributed by atoms with Crippen LogP contribution in [-0.4, -0.2) is 46.7 Å².